The van der Waals surface area contributed by atoms with Gasteiger partial charge >= 0.3 is 0 Å². The largest absolute Gasteiger partial charge is 0.377 e. The molecule has 1 aliphatic heterocycles. The first kappa shape index (κ1) is 15.2. The minimum atomic E-state index is 0.331. The van der Waals surface area contributed by atoms with E-state index in [9.17, 15) is 0 Å². The summed E-state index contributed by atoms with van der Waals surface area (Å²) in [5, 5.41) is 4.06. The van der Waals surface area contributed by atoms with Gasteiger partial charge in [-0.25, -0.2) is 0 Å². The van der Waals surface area contributed by atoms with Crippen molar-refractivity contribution in [1.29, 1.82) is 0 Å². The summed E-state index contributed by atoms with van der Waals surface area (Å²) in [6.45, 7) is 7.48. The van der Waals surface area contributed by atoms with Crippen LogP contribution in [-0.4, -0.2) is 34.3 Å². The quantitative estimate of drug-likeness (QED) is 0.821. The van der Waals surface area contributed by atoms with E-state index in [-0.39, 0.29) is 0 Å². The van der Waals surface area contributed by atoms with Gasteiger partial charge in [-0.3, -0.25) is 9.88 Å². The van der Waals surface area contributed by atoms with E-state index in [4.69, 9.17) is 9.26 Å². The summed E-state index contributed by atoms with van der Waals surface area (Å²) in [5.41, 5.74) is 3.37. The molecule has 3 heterocycles. The third-order valence-electron chi connectivity index (χ3n) is 4.18. The van der Waals surface area contributed by atoms with Crippen molar-refractivity contribution in [1.82, 2.24) is 15.0 Å². The lowest BCUT2D eigenvalue weighted by Crippen LogP contribution is -2.31. The molecule has 1 fully saturated rings. The molecule has 0 saturated carbocycles. The molecule has 2 aromatic rings. The van der Waals surface area contributed by atoms with Crippen LogP contribution in [0.25, 0.3) is 0 Å². The van der Waals surface area contributed by atoms with Crippen molar-refractivity contribution in [2.24, 2.45) is 0 Å². The average Bonchev–Trinajstić information content (AvgIpc) is 3.13. The average molecular weight is 301 g/mol. The minimum Gasteiger partial charge on any atom is -0.377 e. The normalized spacial score (nSPS) is 18.2. The third-order valence-corrected chi connectivity index (χ3v) is 4.18. The van der Waals surface area contributed by atoms with Gasteiger partial charge in [-0.1, -0.05) is 11.2 Å². The van der Waals surface area contributed by atoms with Crippen molar-refractivity contribution in [2.45, 2.75) is 45.9 Å². The highest BCUT2D eigenvalue weighted by molar-refractivity contribution is 5.21. The van der Waals surface area contributed by atoms with Gasteiger partial charge in [0.2, 0.25) is 0 Å². The maximum Gasteiger partial charge on any atom is 0.138 e. The van der Waals surface area contributed by atoms with Crippen LogP contribution < -0.4 is 0 Å². The fourth-order valence-electron chi connectivity index (χ4n) is 2.96. The second-order valence-electron chi connectivity index (χ2n) is 5.97. The van der Waals surface area contributed by atoms with Gasteiger partial charge in [0.15, 0.2) is 0 Å². The number of hydrogen-bond acceptors (Lipinski definition) is 5. The number of ether oxygens (including phenoxy) is 1. The lowest BCUT2D eigenvalue weighted by Gasteiger charge is -2.25. The molecule has 0 N–H and O–H groups in total. The molecule has 0 aromatic carbocycles. The molecule has 0 radical (unpaired) electrons. The molecular formula is C17H23N3O2. The van der Waals surface area contributed by atoms with Crippen molar-refractivity contribution in [3.8, 4) is 0 Å². The maximum absolute atomic E-state index is 5.80. The molecule has 2 aromatic heterocycles. The first-order valence-electron chi connectivity index (χ1n) is 7.87. The Morgan fingerprint density at radius 1 is 1.32 bits per heavy atom. The molecule has 1 saturated heterocycles. The third kappa shape index (κ3) is 3.72. The van der Waals surface area contributed by atoms with E-state index in [2.05, 4.69) is 21.1 Å². The smallest absolute Gasteiger partial charge is 0.138 e. The standard InChI is InChI=1S/C17H23N3O2/c1-13-17(14(2)22-19-13)12-20(11-16-6-4-8-21-16)10-15-5-3-7-18-9-15/h3,5,7,9,16H,4,6,8,10-12H2,1-2H3. The number of rotatable bonds is 6. The first-order valence-corrected chi connectivity index (χ1v) is 7.87. The molecule has 0 amide bonds. The van der Waals surface area contributed by atoms with Crippen LogP contribution in [0, 0.1) is 13.8 Å². The summed E-state index contributed by atoms with van der Waals surface area (Å²) in [4.78, 5) is 6.62. The van der Waals surface area contributed by atoms with Gasteiger partial charge in [-0.05, 0) is 38.3 Å². The number of aromatic nitrogens is 2. The van der Waals surface area contributed by atoms with Crippen molar-refractivity contribution >= 4 is 0 Å². The summed E-state index contributed by atoms with van der Waals surface area (Å²) < 4.78 is 11.1. The van der Waals surface area contributed by atoms with Gasteiger partial charge in [0.1, 0.15) is 5.76 Å². The Hall–Kier alpha value is -1.72. The topological polar surface area (TPSA) is 51.4 Å². The molecule has 5 heteroatoms. The van der Waals surface area contributed by atoms with Crippen molar-refractivity contribution < 1.29 is 9.26 Å². The van der Waals surface area contributed by atoms with E-state index in [0.29, 0.717) is 6.10 Å². The predicted octanol–water partition coefficient (Wildman–Crippen LogP) is 2.87. The zero-order valence-corrected chi connectivity index (χ0v) is 13.3. The Labute approximate surface area is 131 Å². The molecule has 0 bridgehead atoms. The second-order valence-corrected chi connectivity index (χ2v) is 5.97. The highest BCUT2D eigenvalue weighted by Gasteiger charge is 2.21. The second kappa shape index (κ2) is 7.03. The fourth-order valence-corrected chi connectivity index (χ4v) is 2.96. The van der Waals surface area contributed by atoms with Crippen LogP contribution in [0.3, 0.4) is 0 Å². The van der Waals surface area contributed by atoms with Gasteiger partial charge in [-0.15, -0.1) is 0 Å². The highest BCUT2D eigenvalue weighted by atomic mass is 16.5. The Morgan fingerprint density at radius 3 is 2.86 bits per heavy atom. The van der Waals surface area contributed by atoms with Gasteiger partial charge in [0, 0.05) is 44.2 Å². The van der Waals surface area contributed by atoms with Crippen molar-refractivity contribution in [3.05, 3.63) is 47.1 Å². The lowest BCUT2D eigenvalue weighted by molar-refractivity contribution is 0.0676. The van der Waals surface area contributed by atoms with E-state index in [1.807, 2.05) is 32.3 Å². The summed E-state index contributed by atoms with van der Waals surface area (Å²) in [6, 6.07) is 4.10. The summed E-state index contributed by atoms with van der Waals surface area (Å²) >= 11 is 0. The molecule has 118 valence electrons. The summed E-state index contributed by atoms with van der Waals surface area (Å²) in [5.74, 6) is 0.904. The number of hydrogen-bond donors (Lipinski definition) is 0. The van der Waals surface area contributed by atoms with Crippen molar-refractivity contribution in [2.75, 3.05) is 13.2 Å². The monoisotopic (exact) mass is 301 g/mol. The molecule has 22 heavy (non-hydrogen) atoms. The van der Waals surface area contributed by atoms with E-state index >= 15 is 0 Å². The molecule has 1 unspecified atom stereocenters. The number of aryl methyl sites for hydroxylation is 2. The van der Waals surface area contributed by atoms with Crippen LogP contribution in [0.2, 0.25) is 0 Å². The first-order chi connectivity index (χ1) is 10.7. The minimum absolute atomic E-state index is 0.331. The number of nitrogens with zero attached hydrogens (tertiary/aromatic N) is 3. The molecule has 5 nitrogen and oxygen atoms in total. The van der Waals surface area contributed by atoms with Gasteiger partial charge in [0.05, 0.1) is 11.8 Å². The Kier molecular flexibility index (Phi) is 4.85. The van der Waals surface area contributed by atoms with Crippen LogP contribution in [-0.2, 0) is 17.8 Å². The molecule has 3 rings (SSSR count). The molecule has 1 aliphatic rings. The molecule has 1 atom stereocenters. The van der Waals surface area contributed by atoms with E-state index in [0.717, 1.165) is 50.5 Å². The zero-order valence-electron chi connectivity index (χ0n) is 13.3. The highest BCUT2D eigenvalue weighted by Crippen LogP contribution is 2.20. The molecule has 0 spiro atoms. The number of pyridine rings is 1. The van der Waals surface area contributed by atoms with Gasteiger partial charge < -0.3 is 9.26 Å². The summed E-state index contributed by atoms with van der Waals surface area (Å²) in [6.07, 6.45) is 6.37. The molecule has 0 aliphatic carbocycles. The van der Waals surface area contributed by atoms with Gasteiger partial charge in [0.25, 0.3) is 0 Å². The Balaban J connectivity index is 1.73. The van der Waals surface area contributed by atoms with E-state index in [1.165, 1.54) is 11.1 Å². The summed E-state index contributed by atoms with van der Waals surface area (Å²) in [7, 11) is 0. The fraction of sp³-hybridized carbons (Fsp3) is 0.529. The van der Waals surface area contributed by atoms with Crippen LogP contribution in [0.5, 0.6) is 0 Å². The van der Waals surface area contributed by atoms with E-state index < -0.39 is 0 Å². The van der Waals surface area contributed by atoms with E-state index in [1.54, 1.807) is 0 Å². The van der Waals surface area contributed by atoms with Crippen LogP contribution in [0.15, 0.2) is 29.0 Å². The Bertz CT molecular complexity index is 572. The lowest BCUT2D eigenvalue weighted by atomic mass is 10.1. The van der Waals surface area contributed by atoms with Crippen LogP contribution in [0.1, 0.15) is 35.4 Å². The Morgan fingerprint density at radius 2 is 2.23 bits per heavy atom. The van der Waals surface area contributed by atoms with Crippen molar-refractivity contribution in [3.63, 3.8) is 0 Å². The van der Waals surface area contributed by atoms with Crippen LogP contribution >= 0.6 is 0 Å². The zero-order chi connectivity index (χ0) is 15.4. The molecular weight excluding hydrogens is 278 g/mol. The van der Waals surface area contributed by atoms with Crippen LogP contribution in [0.4, 0.5) is 0 Å². The predicted molar refractivity (Wildman–Crippen MR) is 83.3 cm³/mol. The SMILES string of the molecule is Cc1noc(C)c1CN(Cc1cccnc1)CC1CCCO1. The maximum atomic E-state index is 5.80. The van der Waals surface area contributed by atoms with Gasteiger partial charge in [-0.2, -0.15) is 0 Å².